The molecule has 1 nitrogen and oxygen atoms in total. The van der Waals surface area contributed by atoms with Gasteiger partial charge in [-0.1, -0.05) is 0 Å². The predicted molar refractivity (Wildman–Crippen MR) is 81.3 cm³/mol. The van der Waals surface area contributed by atoms with Crippen LogP contribution in [0.3, 0.4) is 0 Å². The van der Waals surface area contributed by atoms with Crippen molar-refractivity contribution in [2.45, 2.75) is 38.5 Å². The summed E-state index contributed by atoms with van der Waals surface area (Å²) in [6.45, 7) is 0. The molecule has 0 radical (unpaired) electrons. The van der Waals surface area contributed by atoms with E-state index in [4.69, 9.17) is 0 Å². The number of halogens is 1. The number of carbonyl (C=O) groups excluding carboxylic acids is 1. The summed E-state index contributed by atoms with van der Waals surface area (Å²) in [7, 11) is 0. The van der Waals surface area contributed by atoms with Crippen LogP contribution in [0.15, 0.2) is 15.9 Å². The molecule has 1 aromatic rings. The van der Waals surface area contributed by atoms with Crippen molar-refractivity contribution in [3.05, 3.63) is 20.8 Å². The van der Waals surface area contributed by atoms with Crippen molar-refractivity contribution in [3.63, 3.8) is 0 Å². The number of thiophene rings is 1. The normalized spacial score (nSPS) is 39.7. The van der Waals surface area contributed by atoms with Crippen molar-refractivity contribution in [2.75, 3.05) is 0 Å². The van der Waals surface area contributed by atoms with Crippen LogP contribution in [-0.4, -0.2) is 5.78 Å². The molecule has 0 aliphatic heterocycles. The second-order valence-electron chi connectivity index (χ2n) is 6.83. The van der Waals surface area contributed by atoms with Gasteiger partial charge in [-0.25, -0.2) is 0 Å². The van der Waals surface area contributed by atoms with Gasteiger partial charge in [-0.3, -0.25) is 4.79 Å². The van der Waals surface area contributed by atoms with Crippen molar-refractivity contribution >= 4 is 33.0 Å². The fourth-order valence-corrected chi connectivity index (χ4v) is 6.65. The zero-order valence-corrected chi connectivity index (χ0v) is 13.4. The number of carbonyl (C=O) groups is 1. The Labute approximate surface area is 126 Å². The van der Waals surface area contributed by atoms with E-state index >= 15 is 0 Å². The second kappa shape index (κ2) is 4.70. The molecule has 0 spiro atoms. The highest BCUT2D eigenvalue weighted by molar-refractivity contribution is 9.10. The molecule has 102 valence electrons. The van der Waals surface area contributed by atoms with Crippen LogP contribution in [0.4, 0.5) is 0 Å². The number of hydrogen-bond donors (Lipinski definition) is 0. The lowest BCUT2D eigenvalue weighted by atomic mass is 9.51. The van der Waals surface area contributed by atoms with Crippen LogP contribution >= 0.6 is 27.3 Å². The summed E-state index contributed by atoms with van der Waals surface area (Å²) in [5.41, 5.74) is 0. The van der Waals surface area contributed by atoms with Crippen LogP contribution in [0.5, 0.6) is 0 Å². The Morgan fingerprint density at radius 3 is 2.32 bits per heavy atom. The molecule has 19 heavy (non-hydrogen) atoms. The molecule has 0 unspecified atom stereocenters. The van der Waals surface area contributed by atoms with Gasteiger partial charge >= 0.3 is 0 Å². The monoisotopic (exact) mass is 338 g/mol. The molecule has 0 atom stereocenters. The number of Topliss-reactive ketones (excluding diaryl/α,β-unsaturated/α-hetero) is 1. The molecule has 0 saturated heterocycles. The molecule has 1 aromatic heterocycles. The summed E-state index contributed by atoms with van der Waals surface area (Å²) in [4.78, 5) is 13.9. The van der Waals surface area contributed by atoms with Gasteiger partial charge in [0, 0.05) is 27.1 Å². The van der Waals surface area contributed by atoms with Crippen molar-refractivity contribution in [2.24, 2.45) is 29.6 Å². The van der Waals surface area contributed by atoms with Gasteiger partial charge in [0.15, 0.2) is 0 Å². The van der Waals surface area contributed by atoms with E-state index in [1.165, 1.54) is 37.0 Å². The second-order valence-corrected chi connectivity index (χ2v) is 8.74. The fraction of sp³-hybridized carbons (Fsp3) is 0.688. The van der Waals surface area contributed by atoms with Crippen LogP contribution in [0, 0.1) is 29.6 Å². The lowest BCUT2D eigenvalue weighted by molar-refractivity contribution is -0.135. The predicted octanol–water partition coefficient (Wildman–Crippen LogP) is 4.69. The van der Waals surface area contributed by atoms with Gasteiger partial charge in [-0.2, -0.15) is 0 Å². The van der Waals surface area contributed by atoms with Crippen LogP contribution < -0.4 is 0 Å². The molecule has 4 bridgehead atoms. The van der Waals surface area contributed by atoms with Crippen LogP contribution in [-0.2, 0) is 11.2 Å². The number of ketones is 1. The minimum atomic E-state index is 0.397. The van der Waals surface area contributed by atoms with E-state index in [1.807, 2.05) is 0 Å². The van der Waals surface area contributed by atoms with E-state index in [0.29, 0.717) is 18.1 Å². The van der Waals surface area contributed by atoms with E-state index < -0.39 is 0 Å². The Hall–Kier alpha value is -0.150. The quantitative estimate of drug-likeness (QED) is 0.780. The van der Waals surface area contributed by atoms with Crippen molar-refractivity contribution < 1.29 is 4.79 Å². The molecule has 0 aromatic carbocycles. The standard InChI is InChI=1S/C16H19BrOS/c17-13-6-14(19-8-13)7-15(18)16-11-2-9-1-10(4-11)5-12(16)3-9/h6,8-12,16H,1-5,7H2. The molecule has 0 amide bonds. The van der Waals surface area contributed by atoms with Gasteiger partial charge in [0.05, 0.1) is 0 Å². The Balaban J connectivity index is 1.51. The molecule has 5 rings (SSSR count). The minimum absolute atomic E-state index is 0.397. The molecule has 4 fully saturated rings. The third-order valence-electron chi connectivity index (χ3n) is 5.57. The average Bonchev–Trinajstić information content (AvgIpc) is 2.73. The average molecular weight is 339 g/mol. The highest BCUT2D eigenvalue weighted by atomic mass is 79.9. The van der Waals surface area contributed by atoms with E-state index in [2.05, 4.69) is 27.4 Å². The van der Waals surface area contributed by atoms with Gasteiger partial charge in [0.25, 0.3) is 0 Å². The van der Waals surface area contributed by atoms with E-state index in [-0.39, 0.29) is 0 Å². The van der Waals surface area contributed by atoms with Crippen LogP contribution in [0.25, 0.3) is 0 Å². The maximum absolute atomic E-state index is 12.7. The maximum atomic E-state index is 12.7. The zero-order valence-electron chi connectivity index (χ0n) is 11.0. The summed E-state index contributed by atoms with van der Waals surface area (Å²) in [5.74, 6) is 4.31. The number of hydrogen-bond acceptors (Lipinski definition) is 2. The SMILES string of the molecule is O=C(Cc1cc(Br)cs1)C1C2CC3CC(C2)CC1C3. The minimum Gasteiger partial charge on any atom is -0.299 e. The summed E-state index contributed by atoms with van der Waals surface area (Å²) in [5, 5.41) is 2.08. The van der Waals surface area contributed by atoms with Gasteiger partial charge in [0.2, 0.25) is 0 Å². The molecular weight excluding hydrogens is 320 g/mol. The molecule has 4 aliphatic carbocycles. The van der Waals surface area contributed by atoms with Gasteiger partial charge in [-0.05, 0) is 77.8 Å². The largest absolute Gasteiger partial charge is 0.299 e. The molecule has 0 N–H and O–H groups in total. The zero-order chi connectivity index (χ0) is 13.0. The van der Waals surface area contributed by atoms with E-state index in [0.717, 1.165) is 28.1 Å². The smallest absolute Gasteiger partial charge is 0.141 e. The Morgan fingerprint density at radius 1 is 1.16 bits per heavy atom. The van der Waals surface area contributed by atoms with Gasteiger partial charge in [-0.15, -0.1) is 11.3 Å². The highest BCUT2D eigenvalue weighted by Crippen LogP contribution is 2.56. The van der Waals surface area contributed by atoms with E-state index in [1.54, 1.807) is 11.3 Å². The Kier molecular flexibility index (Phi) is 3.11. The van der Waals surface area contributed by atoms with Gasteiger partial charge < -0.3 is 0 Å². The highest BCUT2D eigenvalue weighted by Gasteiger charge is 2.50. The maximum Gasteiger partial charge on any atom is 0.141 e. The van der Waals surface area contributed by atoms with Crippen LogP contribution in [0.2, 0.25) is 0 Å². The molecular formula is C16H19BrOS. The van der Waals surface area contributed by atoms with Crippen molar-refractivity contribution in [3.8, 4) is 0 Å². The fourth-order valence-electron chi connectivity index (χ4n) is 5.19. The third kappa shape index (κ3) is 2.23. The summed E-state index contributed by atoms with van der Waals surface area (Å²) < 4.78 is 1.12. The lowest BCUT2D eigenvalue weighted by Gasteiger charge is -2.53. The van der Waals surface area contributed by atoms with Crippen molar-refractivity contribution in [1.29, 1.82) is 0 Å². The Morgan fingerprint density at radius 2 is 1.79 bits per heavy atom. The molecule has 4 aliphatic rings. The first-order valence-corrected chi connectivity index (χ1v) is 9.12. The van der Waals surface area contributed by atoms with Crippen molar-refractivity contribution in [1.82, 2.24) is 0 Å². The van der Waals surface area contributed by atoms with E-state index in [9.17, 15) is 4.79 Å². The summed E-state index contributed by atoms with van der Waals surface area (Å²) in [6, 6.07) is 2.11. The summed E-state index contributed by atoms with van der Waals surface area (Å²) >= 11 is 5.19. The topological polar surface area (TPSA) is 17.1 Å². The lowest BCUT2D eigenvalue weighted by Crippen LogP contribution is -2.48. The molecule has 4 saturated carbocycles. The molecule has 1 heterocycles. The third-order valence-corrected chi connectivity index (χ3v) is 7.27. The Bertz CT molecular complexity index is 479. The first-order chi connectivity index (χ1) is 9.19. The number of rotatable bonds is 3. The first-order valence-electron chi connectivity index (χ1n) is 7.44. The first kappa shape index (κ1) is 12.6. The molecule has 3 heteroatoms. The summed E-state index contributed by atoms with van der Waals surface area (Å²) in [6.07, 6.45) is 7.51. The van der Waals surface area contributed by atoms with Gasteiger partial charge in [0.1, 0.15) is 5.78 Å². The van der Waals surface area contributed by atoms with Crippen LogP contribution in [0.1, 0.15) is 37.0 Å².